The Morgan fingerprint density at radius 3 is 2.33 bits per heavy atom. The van der Waals surface area contributed by atoms with Crippen molar-refractivity contribution in [3.63, 3.8) is 0 Å². The van der Waals surface area contributed by atoms with Crippen LogP contribution in [0.25, 0.3) is 0 Å². The summed E-state index contributed by atoms with van der Waals surface area (Å²) in [6.07, 6.45) is 0. The van der Waals surface area contributed by atoms with Gasteiger partial charge in [-0.25, -0.2) is 0 Å². The number of anilines is 2. The van der Waals surface area contributed by atoms with Crippen molar-refractivity contribution in [2.24, 2.45) is 11.8 Å². The van der Waals surface area contributed by atoms with E-state index in [0.717, 1.165) is 16.0 Å². The average molecular weight is 407 g/mol. The van der Waals surface area contributed by atoms with Crippen molar-refractivity contribution in [1.29, 1.82) is 0 Å². The van der Waals surface area contributed by atoms with Crippen molar-refractivity contribution >= 4 is 45.6 Å². The molecule has 0 saturated heterocycles. The van der Waals surface area contributed by atoms with Crippen molar-refractivity contribution in [3.8, 4) is 0 Å². The molecule has 0 bridgehead atoms. The molecular formula is C19H26N4O2S2. The first-order chi connectivity index (χ1) is 12.8. The first-order valence-corrected chi connectivity index (χ1v) is 10.6. The number of aromatic nitrogens is 2. The second-order valence-electron chi connectivity index (χ2n) is 6.99. The van der Waals surface area contributed by atoms with Gasteiger partial charge in [-0.15, -0.1) is 10.2 Å². The fraction of sp³-hybridized carbons (Fsp3) is 0.474. The van der Waals surface area contributed by atoms with Gasteiger partial charge in [0.25, 0.3) is 0 Å². The lowest BCUT2D eigenvalue weighted by Gasteiger charge is -2.10. The predicted molar refractivity (Wildman–Crippen MR) is 113 cm³/mol. The SMILES string of the molecule is CC(C)CNc1nnc(SC(C)C(=O)c2ccc(NC(=O)C(C)C)cc2)s1. The molecule has 1 amide bonds. The molecule has 1 atom stereocenters. The van der Waals surface area contributed by atoms with Gasteiger partial charge in [0, 0.05) is 23.7 Å². The number of amides is 1. The van der Waals surface area contributed by atoms with E-state index in [1.807, 2.05) is 20.8 Å². The third-order valence-corrected chi connectivity index (χ3v) is 5.74. The van der Waals surface area contributed by atoms with Crippen LogP contribution < -0.4 is 10.6 Å². The number of hydrogen-bond donors (Lipinski definition) is 2. The molecule has 0 saturated carbocycles. The molecule has 0 spiro atoms. The highest BCUT2D eigenvalue weighted by atomic mass is 32.2. The first-order valence-electron chi connectivity index (χ1n) is 8.95. The molecule has 1 aromatic heterocycles. The van der Waals surface area contributed by atoms with Crippen LogP contribution in [-0.4, -0.2) is 33.7 Å². The maximum atomic E-state index is 12.6. The molecule has 0 aliphatic carbocycles. The van der Waals surface area contributed by atoms with Gasteiger partial charge in [0.2, 0.25) is 11.0 Å². The molecular weight excluding hydrogens is 380 g/mol. The number of thioether (sulfide) groups is 1. The van der Waals surface area contributed by atoms with Gasteiger partial charge in [-0.3, -0.25) is 9.59 Å². The van der Waals surface area contributed by atoms with Gasteiger partial charge in [-0.05, 0) is 37.1 Å². The molecule has 1 aromatic carbocycles. The number of benzene rings is 1. The van der Waals surface area contributed by atoms with E-state index in [0.29, 0.717) is 17.2 Å². The van der Waals surface area contributed by atoms with E-state index in [9.17, 15) is 9.59 Å². The van der Waals surface area contributed by atoms with Crippen molar-refractivity contribution in [2.75, 3.05) is 17.2 Å². The minimum absolute atomic E-state index is 0.0219. The standard InChI is InChI=1S/C19H26N4O2S2/c1-11(2)10-20-18-22-23-19(27-18)26-13(5)16(24)14-6-8-15(9-7-14)21-17(25)12(3)4/h6-9,11-13H,10H2,1-5H3,(H,20,22)(H,21,25). The molecule has 2 rings (SSSR count). The third kappa shape index (κ3) is 6.62. The summed E-state index contributed by atoms with van der Waals surface area (Å²) in [5.41, 5.74) is 1.30. The summed E-state index contributed by atoms with van der Waals surface area (Å²) in [6.45, 7) is 10.6. The van der Waals surface area contributed by atoms with E-state index in [1.165, 1.54) is 23.1 Å². The van der Waals surface area contributed by atoms with Crippen LogP contribution in [0.5, 0.6) is 0 Å². The number of Topliss-reactive ketones (excluding diaryl/α,β-unsaturated/α-hetero) is 1. The smallest absolute Gasteiger partial charge is 0.226 e. The lowest BCUT2D eigenvalue weighted by atomic mass is 10.1. The summed E-state index contributed by atoms with van der Waals surface area (Å²) in [7, 11) is 0. The highest BCUT2D eigenvalue weighted by Crippen LogP contribution is 2.30. The normalized spacial score (nSPS) is 12.3. The summed E-state index contributed by atoms with van der Waals surface area (Å²) in [5.74, 6) is 0.415. The van der Waals surface area contributed by atoms with E-state index in [1.54, 1.807) is 24.3 Å². The zero-order valence-electron chi connectivity index (χ0n) is 16.3. The van der Waals surface area contributed by atoms with Gasteiger partial charge in [0.05, 0.1) is 5.25 Å². The summed E-state index contributed by atoms with van der Waals surface area (Å²) < 4.78 is 0.767. The Labute approximate surface area is 168 Å². The molecule has 0 aliphatic heterocycles. The van der Waals surface area contributed by atoms with E-state index in [4.69, 9.17) is 0 Å². The largest absolute Gasteiger partial charge is 0.360 e. The first kappa shape index (κ1) is 21.4. The summed E-state index contributed by atoms with van der Waals surface area (Å²) >= 11 is 2.86. The quantitative estimate of drug-likeness (QED) is 0.469. The monoisotopic (exact) mass is 406 g/mol. The highest BCUT2D eigenvalue weighted by Gasteiger charge is 2.19. The van der Waals surface area contributed by atoms with Crippen LogP contribution in [0.2, 0.25) is 0 Å². The molecule has 0 radical (unpaired) electrons. The van der Waals surface area contributed by atoms with Crippen molar-refractivity contribution < 1.29 is 9.59 Å². The van der Waals surface area contributed by atoms with Gasteiger partial charge in [0.15, 0.2) is 10.1 Å². The molecule has 6 nitrogen and oxygen atoms in total. The molecule has 8 heteroatoms. The second kappa shape index (κ2) is 9.85. The number of ketones is 1. The number of nitrogens with one attached hydrogen (secondary N) is 2. The van der Waals surface area contributed by atoms with Crippen LogP contribution >= 0.6 is 23.1 Å². The molecule has 2 aromatic rings. The summed E-state index contributed by atoms with van der Waals surface area (Å²) in [4.78, 5) is 24.4. The molecule has 146 valence electrons. The summed E-state index contributed by atoms with van der Waals surface area (Å²) in [6, 6.07) is 6.99. The predicted octanol–water partition coefficient (Wildman–Crippen LogP) is 4.56. The highest BCUT2D eigenvalue weighted by molar-refractivity contribution is 8.02. The number of hydrogen-bond acceptors (Lipinski definition) is 7. The third-order valence-electron chi connectivity index (χ3n) is 3.68. The van der Waals surface area contributed by atoms with Gasteiger partial charge in [0.1, 0.15) is 0 Å². The summed E-state index contributed by atoms with van der Waals surface area (Å²) in [5, 5.41) is 14.8. The van der Waals surface area contributed by atoms with Crippen LogP contribution in [0, 0.1) is 11.8 Å². The van der Waals surface area contributed by atoms with Gasteiger partial charge < -0.3 is 10.6 Å². The number of nitrogens with zero attached hydrogens (tertiary/aromatic N) is 2. The van der Waals surface area contributed by atoms with E-state index < -0.39 is 0 Å². The molecule has 2 N–H and O–H groups in total. The lowest BCUT2D eigenvalue weighted by molar-refractivity contribution is -0.118. The molecule has 1 unspecified atom stereocenters. The van der Waals surface area contributed by atoms with Crippen LogP contribution in [-0.2, 0) is 4.79 Å². The number of carbonyl (C=O) groups excluding carboxylic acids is 2. The van der Waals surface area contributed by atoms with E-state index in [2.05, 4.69) is 34.7 Å². The fourth-order valence-electron chi connectivity index (χ4n) is 2.06. The number of carbonyl (C=O) groups is 2. The lowest BCUT2D eigenvalue weighted by Crippen LogP contribution is -2.18. The van der Waals surface area contributed by atoms with Gasteiger partial charge in [-0.1, -0.05) is 50.8 Å². The topological polar surface area (TPSA) is 84.0 Å². The maximum absolute atomic E-state index is 12.6. The second-order valence-corrected chi connectivity index (χ2v) is 9.56. The minimum atomic E-state index is -0.271. The van der Waals surface area contributed by atoms with Crippen LogP contribution in [0.15, 0.2) is 28.6 Å². The Morgan fingerprint density at radius 1 is 1.07 bits per heavy atom. The average Bonchev–Trinajstić information content (AvgIpc) is 3.07. The zero-order chi connectivity index (χ0) is 20.0. The van der Waals surface area contributed by atoms with Crippen molar-refractivity contribution in [3.05, 3.63) is 29.8 Å². The Balaban J connectivity index is 1.93. The van der Waals surface area contributed by atoms with Crippen molar-refractivity contribution in [1.82, 2.24) is 10.2 Å². The Kier molecular flexibility index (Phi) is 7.79. The molecule has 27 heavy (non-hydrogen) atoms. The van der Waals surface area contributed by atoms with Crippen LogP contribution in [0.3, 0.4) is 0 Å². The molecule has 0 fully saturated rings. The Hall–Kier alpha value is -1.93. The fourth-order valence-corrected chi connectivity index (χ4v) is 4.04. The van der Waals surface area contributed by atoms with Crippen LogP contribution in [0.4, 0.5) is 10.8 Å². The Morgan fingerprint density at radius 2 is 1.74 bits per heavy atom. The van der Waals surface area contributed by atoms with Gasteiger partial charge in [-0.2, -0.15) is 0 Å². The van der Waals surface area contributed by atoms with E-state index in [-0.39, 0.29) is 22.9 Å². The minimum Gasteiger partial charge on any atom is -0.360 e. The van der Waals surface area contributed by atoms with Crippen LogP contribution in [0.1, 0.15) is 45.0 Å². The molecule has 1 heterocycles. The maximum Gasteiger partial charge on any atom is 0.226 e. The molecule has 0 aliphatic rings. The van der Waals surface area contributed by atoms with Gasteiger partial charge >= 0.3 is 0 Å². The zero-order valence-corrected chi connectivity index (χ0v) is 17.9. The van der Waals surface area contributed by atoms with E-state index >= 15 is 0 Å². The van der Waals surface area contributed by atoms with Crippen molar-refractivity contribution in [2.45, 2.75) is 44.2 Å². The number of rotatable bonds is 9. The Bertz CT molecular complexity index is 772.